The van der Waals surface area contributed by atoms with Crippen molar-refractivity contribution < 1.29 is 14.3 Å². The number of benzene rings is 2. The Bertz CT molecular complexity index is 740. The van der Waals surface area contributed by atoms with Crippen LogP contribution >= 0.6 is 11.6 Å². The Morgan fingerprint density at radius 1 is 1.00 bits per heavy atom. The Kier molecular flexibility index (Phi) is 6.04. The number of hydrogen-bond acceptors (Lipinski definition) is 3. The van der Waals surface area contributed by atoms with Gasteiger partial charge < -0.3 is 15.4 Å². The highest BCUT2D eigenvalue weighted by Gasteiger charge is 2.35. The van der Waals surface area contributed by atoms with E-state index in [1.165, 1.54) is 0 Å². The van der Waals surface area contributed by atoms with Crippen molar-refractivity contribution in [3.63, 3.8) is 0 Å². The molecule has 132 valence electrons. The first-order valence-electron chi connectivity index (χ1n) is 7.81. The third-order valence-electron chi connectivity index (χ3n) is 3.85. The van der Waals surface area contributed by atoms with Crippen molar-refractivity contribution in [2.75, 3.05) is 12.4 Å². The van der Waals surface area contributed by atoms with Crippen molar-refractivity contribution in [1.29, 1.82) is 0 Å². The standard InChI is InChI=1S/C19H21ClN2O3/c1-19(2,17(23)21-12-13-4-6-14(20)7-5-13)18(24)22-15-8-10-16(25-3)11-9-15/h4-11H,12H2,1-3H3,(H,21,23)(H,22,24). The number of anilines is 1. The van der Waals surface area contributed by atoms with E-state index in [0.717, 1.165) is 5.56 Å². The number of carbonyl (C=O) groups excluding carboxylic acids is 2. The molecule has 0 radical (unpaired) electrons. The molecule has 2 N–H and O–H groups in total. The van der Waals surface area contributed by atoms with Gasteiger partial charge in [-0.15, -0.1) is 0 Å². The summed E-state index contributed by atoms with van der Waals surface area (Å²) in [7, 11) is 1.57. The van der Waals surface area contributed by atoms with Crippen LogP contribution in [0.15, 0.2) is 48.5 Å². The fourth-order valence-corrected chi connectivity index (χ4v) is 2.20. The monoisotopic (exact) mass is 360 g/mol. The molecule has 0 bridgehead atoms. The molecular formula is C19H21ClN2O3. The summed E-state index contributed by atoms with van der Waals surface area (Å²) in [4.78, 5) is 24.9. The molecule has 2 amide bonds. The Balaban J connectivity index is 1.96. The van der Waals surface area contributed by atoms with Crippen LogP contribution in [-0.4, -0.2) is 18.9 Å². The number of halogens is 1. The molecule has 0 spiro atoms. The number of rotatable bonds is 6. The number of nitrogens with one attached hydrogen (secondary N) is 2. The van der Waals surface area contributed by atoms with Gasteiger partial charge in [-0.25, -0.2) is 0 Å². The second-order valence-corrected chi connectivity index (χ2v) is 6.55. The van der Waals surface area contributed by atoms with Gasteiger partial charge in [-0.05, 0) is 55.8 Å². The van der Waals surface area contributed by atoms with Gasteiger partial charge in [0.25, 0.3) is 0 Å². The third-order valence-corrected chi connectivity index (χ3v) is 4.10. The number of amides is 2. The van der Waals surface area contributed by atoms with Crippen LogP contribution in [-0.2, 0) is 16.1 Å². The summed E-state index contributed by atoms with van der Waals surface area (Å²) >= 11 is 5.84. The maximum atomic E-state index is 12.5. The molecule has 0 fully saturated rings. The number of hydrogen-bond donors (Lipinski definition) is 2. The molecule has 0 heterocycles. The maximum absolute atomic E-state index is 12.5. The SMILES string of the molecule is COc1ccc(NC(=O)C(C)(C)C(=O)NCc2ccc(Cl)cc2)cc1. The number of ether oxygens (including phenoxy) is 1. The fourth-order valence-electron chi connectivity index (χ4n) is 2.07. The summed E-state index contributed by atoms with van der Waals surface area (Å²) < 4.78 is 5.08. The topological polar surface area (TPSA) is 67.4 Å². The van der Waals surface area contributed by atoms with Gasteiger partial charge in [-0.3, -0.25) is 9.59 Å². The van der Waals surface area contributed by atoms with Crippen LogP contribution in [0.25, 0.3) is 0 Å². The van der Waals surface area contributed by atoms with E-state index in [4.69, 9.17) is 16.3 Å². The average Bonchev–Trinajstić information content (AvgIpc) is 2.61. The molecule has 2 aromatic carbocycles. The first-order chi connectivity index (χ1) is 11.8. The van der Waals surface area contributed by atoms with Crippen LogP contribution in [0.5, 0.6) is 5.75 Å². The van der Waals surface area contributed by atoms with Gasteiger partial charge in [0.1, 0.15) is 11.2 Å². The predicted octanol–water partition coefficient (Wildman–Crippen LogP) is 3.63. The van der Waals surface area contributed by atoms with Gasteiger partial charge in [-0.1, -0.05) is 23.7 Å². The summed E-state index contributed by atoms with van der Waals surface area (Å²) in [5, 5.41) is 6.16. The van der Waals surface area contributed by atoms with Gasteiger partial charge in [0.2, 0.25) is 11.8 Å². The molecule has 2 rings (SSSR count). The van der Waals surface area contributed by atoms with Crippen LogP contribution in [0, 0.1) is 5.41 Å². The molecular weight excluding hydrogens is 340 g/mol. The summed E-state index contributed by atoms with van der Waals surface area (Å²) in [5.74, 6) is -0.0438. The zero-order valence-electron chi connectivity index (χ0n) is 14.4. The minimum Gasteiger partial charge on any atom is -0.497 e. The Labute approximate surface area is 152 Å². The smallest absolute Gasteiger partial charge is 0.239 e. The van der Waals surface area contributed by atoms with Crippen LogP contribution < -0.4 is 15.4 Å². The minimum atomic E-state index is -1.22. The van der Waals surface area contributed by atoms with E-state index in [0.29, 0.717) is 23.0 Å². The summed E-state index contributed by atoms with van der Waals surface area (Å²) in [5.41, 5.74) is 0.292. The van der Waals surface area contributed by atoms with Crippen LogP contribution in [0.3, 0.4) is 0 Å². The highest BCUT2D eigenvalue weighted by Crippen LogP contribution is 2.21. The van der Waals surface area contributed by atoms with Crippen molar-refractivity contribution >= 4 is 29.1 Å². The van der Waals surface area contributed by atoms with E-state index < -0.39 is 5.41 Å². The summed E-state index contributed by atoms with van der Waals surface area (Å²) in [6.07, 6.45) is 0. The van der Waals surface area contributed by atoms with E-state index in [-0.39, 0.29) is 11.8 Å². The second kappa shape index (κ2) is 8.03. The predicted molar refractivity (Wildman–Crippen MR) is 98.7 cm³/mol. The van der Waals surface area contributed by atoms with E-state index >= 15 is 0 Å². The minimum absolute atomic E-state index is 0.329. The van der Waals surface area contributed by atoms with E-state index in [1.54, 1.807) is 57.4 Å². The third kappa shape index (κ3) is 4.97. The Morgan fingerprint density at radius 2 is 1.60 bits per heavy atom. The molecule has 0 atom stereocenters. The fraction of sp³-hybridized carbons (Fsp3) is 0.263. The Hall–Kier alpha value is -2.53. The molecule has 0 saturated carbocycles. The largest absolute Gasteiger partial charge is 0.497 e. The maximum Gasteiger partial charge on any atom is 0.239 e. The molecule has 5 nitrogen and oxygen atoms in total. The number of carbonyl (C=O) groups is 2. The van der Waals surface area contributed by atoms with Gasteiger partial charge >= 0.3 is 0 Å². The van der Waals surface area contributed by atoms with Gasteiger partial charge in [0, 0.05) is 17.3 Å². The summed E-state index contributed by atoms with van der Waals surface area (Å²) in [6, 6.07) is 14.1. The van der Waals surface area contributed by atoms with Crippen LogP contribution in [0.1, 0.15) is 19.4 Å². The lowest BCUT2D eigenvalue weighted by Gasteiger charge is -2.23. The highest BCUT2D eigenvalue weighted by molar-refractivity contribution is 6.30. The van der Waals surface area contributed by atoms with Crippen molar-refractivity contribution in [2.24, 2.45) is 5.41 Å². The summed E-state index contributed by atoms with van der Waals surface area (Å²) in [6.45, 7) is 3.50. The van der Waals surface area contributed by atoms with Crippen LogP contribution in [0.2, 0.25) is 5.02 Å². The van der Waals surface area contributed by atoms with E-state index in [1.807, 2.05) is 12.1 Å². The van der Waals surface area contributed by atoms with E-state index in [2.05, 4.69) is 10.6 Å². The molecule has 0 saturated heterocycles. The average molecular weight is 361 g/mol. The van der Waals surface area contributed by atoms with Gasteiger partial charge in [0.15, 0.2) is 0 Å². The lowest BCUT2D eigenvalue weighted by Crippen LogP contribution is -2.44. The zero-order valence-corrected chi connectivity index (χ0v) is 15.2. The quantitative estimate of drug-likeness (QED) is 0.773. The molecule has 0 unspecified atom stereocenters. The molecule has 25 heavy (non-hydrogen) atoms. The first kappa shape index (κ1) is 18.8. The molecule has 0 aliphatic carbocycles. The van der Waals surface area contributed by atoms with Crippen molar-refractivity contribution in [3.05, 3.63) is 59.1 Å². The Morgan fingerprint density at radius 3 is 2.16 bits per heavy atom. The molecule has 6 heteroatoms. The number of methoxy groups -OCH3 is 1. The molecule has 0 aliphatic rings. The van der Waals surface area contributed by atoms with Crippen molar-refractivity contribution in [1.82, 2.24) is 5.32 Å². The lowest BCUT2D eigenvalue weighted by atomic mass is 9.90. The molecule has 0 aliphatic heterocycles. The lowest BCUT2D eigenvalue weighted by molar-refractivity contribution is -0.138. The van der Waals surface area contributed by atoms with Crippen molar-refractivity contribution in [3.8, 4) is 5.75 Å². The van der Waals surface area contributed by atoms with Gasteiger partial charge in [0.05, 0.1) is 7.11 Å². The normalized spacial score (nSPS) is 10.9. The van der Waals surface area contributed by atoms with Gasteiger partial charge in [-0.2, -0.15) is 0 Å². The van der Waals surface area contributed by atoms with Crippen LogP contribution in [0.4, 0.5) is 5.69 Å². The zero-order chi connectivity index (χ0) is 18.4. The van der Waals surface area contributed by atoms with E-state index in [9.17, 15) is 9.59 Å². The highest BCUT2D eigenvalue weighted by atomic mass is 35.5. The first-order valence-corrected chi connectivity index (χ1v) is 8.19. The second-order valence-electron chi connectivity index (χ2n) is 6.12. The van der Waals surface area contributed by atoms with Crippen molar-refractivity contribution in [2.45, 2.75) is 20.4 Å². The molecule has 0 aromatic heterocycles. The molecule has 2 aromatic rings.